The lowest BCUT2D eigenvalue weighted by Crippen LogP contribution is -2.33. The van der Waals surface area contributed by atoms with E-state index in [-0.39, 0.29) is 0 Å². The maximum atomic E-state index is 9.75. The minimum atomic E-state index is -0.508. The molecule has 0 heterocycles. The van der Waals surface area contributed by atoms with Crippen LogP contribution in [0.2, 0.25) is 0 Å². The molecular formula is C16H27NO3. The molecule has 0 aliphatic heterocycles. The number of aliphatic hydroxyl groups excluding tert-OH is 1. The van der Waals surface area contributed by atoms with Crippen LogP contribution in [0.5, 0.6) is 5.75 Å². The van der Waals surface area contributed by atoms with Crippen molar-refractivity contribution >= 4 is 0 Å². The second-order valence-corrected chi connectivity index (χ2v) is 4.91. The average Bonchev–Trinajstić information content (AvgIpc) is 2.48. The number of benzene rings is 1. The van der Waals surface area contributed by atoms with Crippen molar-refractivity contribution in [2.24, 2.45) is 0 Å². The monoisotopic (exact) mass is 281 g/mol. The number of rotatable bonds is 11. The van der Waals surface area contributed by atoms with Crippen molar-refractivity contribution in [1.82, 2.24) is 5.32 Å². The maximum absolute atomic E-state index is 9.75. The molecule has 0 saturated carbocycles. The molecule has 1 rings (SSSR count). The molecule has 1 unspecified atom stereocenters. The fourth-order valence-corrected chi connectivity index (χ4v) is 1.83. The Balaban J connectivity index is 2.20. The van der Waals surface area contributed by atoms with E-state index >= 15 is 0 Å². The first kappa shape index (κ1) is 17.0. The number of aryl methyl sites for hydroxylation is 1. The van der Waals surface area contributed by atoms with Gasteiger partial charge in [0.2, 0.25) is 0 Å². The lowest BCUT2D eigenvalue weighted by molar-refractivity contribution is 0.103. The first-order valence-corrected chi connectivity index (χ1v) is 7.35. The van der Waals surface area contributed by atoms with Gasteiger partial charge in [0.05, 0.1) is 6.61 Å². The number of methoxy groups -OCH3 is 1. The van der Waals surface area contributed by atoms with E-state index in [9.17, 15) is 5.11 Å². The Morgan fingerprint density at radius 3 is 2.65 bits per heavy atom. The molecule has 4 nitrogen and oxygen atoms in total. The van der Waals surface area contributed by atoms with E-state index in [0.717, 1.165) is 18.7 Å². The Bertz CT molecular complexity index is 340. The maximum Gasteiger partial charge on any atom is 0.119 e. The minimum Gasteiger partial charge on any atom is -0.491 e. The van der Waals surface area contributed by atoms with Crippen LogP contribution in [0.15, 0.2) is 24.3 Å². The summed E-state index contributed by atoms with van der Waals surface area (Å²) in [6.07, 6.45) is 3.03. The molecule has 0 aliphatic carbocycles. The zero-order valence-corrected chi connectivity index (χ0v) is 12.6. The van der Waals surface area contributed by atoms with E-state index in [2.05, 4.69) is 24.4 Å². The molecule has 114 valence electrons. The fraction of sp³-hybridized carbons (Fsp3) is 0.625. The lowest BCUT2D eigenvalue weighted by atomic mass is 10.1. The highest BCUT2D eigenvalue weighted by Crippen LogP contribution is 2.14. The number of aliphatic hydroxyl groups is 1. The van der Waals surface area contributed by atoms with E-state index in [4.69, 9.17) is 9.47 Å². The van der Waals surface area contributed by atoms with Gasteiger partial charge in [0.15, 0.2) is 0 Å². The lowest BCUT2D eigenvalue weighted by Gasteiger charge is -2.13. The van der Waals surface area contributed by atoms with Crippen molar-refractivity contribution in [3.63, 3.8) is 0 Å². The highest BCUT2D eigenvalue weighted by Gasteiger charge is 2.04. The number of ether oxygens (including phenoxy) is 2. The van der Waals surface area contributed by atoms with Gasteiger partial charge in [-0.1, -0.05) is 25.5 Å². The molecule has 0 amide bonds. The fourth-order valence-electron chi connectivity index (χ4n) is 1.83. The van der Waals surface area contributed by atoms with Crippen molar-refractivity contribution in [2.45, 2.75) is 32.3 Å². The molecule has 0 spiro atoms. The average molecular weight is 281 g/mol. The quantitative estimate of drug-likeness (QED) is 0.609. The zero-order valence-electron chi connectivity index (χ0n) is 12.6. The molecule has 0 saturated heterocycles. The zero-order chi connectivity index (χ0) is 14.6. The third-order valence-electron chi connectivity index (χ3n) is 3.05. The van der Waals surface area contributed by atoms with E-state index in [1.54, 1.807) is 7.11 Å². The molecule has 0 aliphatic rings. The Morgan fingerprint density at radius 2 is 2.00 bits per heavy atom. The van der Waals surface area contributed by atoms with Crippen molar-refractivity contribution in [3.05, 3.63) is 29.8 Å². The van der Waals surface area contributed by atoms with Crippen molar-refractivity contribution in [1.29, 1.82) is 0 Å². The predicted molar refractivity (Wildman–Crippen MR) is 81.3 cm³/mol. The standard InChI is InChI=1S/C16H27NO3/c1-3-4-5-14-6-8-16(9-7-14)20-13-15(18)12-17-10-11-19-2/h6-9,15,17-18H,3-5,10-13H2,1-2H3. The summed E-state index contributed by atoms with van der Waals surface area (Å²) in [7, 11) is 1.66. The summed E-state index contributed by atoms with van der Waals surface area (Å²) in [4.78, 5) is 0. The van der Waals surface area contributed by atoms with Crippen LogP contribution < -0.4 is 10.1 Å². The molecule has 1 atom stereocenters. The Kier molecular flexibility index (Phi) is 9.04. The van der Waals surface area contributed by atoms with Crippen LogP contribution in [0.1, 0.15) is 25.3 Å². The second-order valence-electron chi connectivity index (χ2n) is 4.91. The second kappa shape index (κ2) is 10.7. The van der Waals surface area contributed by atoms with Gasteiger partial charge >= 0.3 is 0 Å². The van der Waals surface area contributed by atoms with Gasteiger partial charge in [-0.2, -0.15) is 0 Å². The van der Waals surface area contributed by atoms with Gasteiger partial charge in [0.1, 0.15) is 18.5 Å². The molecule has 20 heavy (non-hydrogen) atoms. The van der Waals surface area contributed by atoms with Gasteiger partial charge in [-0.05, 0) is 30.5 Å². The summed E-state index contributed by atoms with van der Waals surface area (Å²) >= 11 is 0. The van der Waals surface area contributed by atoms with Crippen molar-refractivity contribution in [2.75, 3.05) is 33.4 Å². The summed E-state index contributed by atoms with van der Waals surface area (Å²) in [5.74, 6) is 0.807. The van der Waals surface area contributed by atoms with Crippen LogP contribution in [-0.2, 0) is 11.2 Å². The number of nitrogens with one attached hydrogen (secondary N) is 1. The number of hydrogen-bond acceptors (Lipinski definition) is 4. The topological polar surface area (TPSA) is 50.7 Å². The Labute approximate surface area is 122 Å². The van der Waals surface area contributed by atoms with Gasteiger partial charge in [0.25, 0.3) is 0 Å². The predicted octanol–water partition coefficient (Wildman–Crippen LogP) is 2.00. The van der Waals surface area contributed by atoms with E-state index in [1.165, 1.54) is 18.4 Å². The van der Waals surface area contributed by atoms with Crippen LogP contribution in [0.4, 0.5) is 0 Å². The summed E-state index contributed by atoms with van der Waals surface area (Å²) in [6, 6.07) is 8.12. The molecule has 2 N–H and O–H groups in total. The summed E-state index contributed by atoms with van der Waals surface area (Å²) < 4.78 is 10.5. The normalized spacial score (nSPS) is 12.3. The van der Waals surface area contributed by atoms with Gasteiger partial charge in [-0.3, -0.25) is 0 Å². The smallest absolute Gasteiger partial charge is 0.119 e. The molecule has 0 radical (unpaired) electrons. The molecule has 0 bridgehead atoms. The highest BCUT2D eigenvalue weighted by molar-refractivity contribution is 5.27. The van der Waals surface area contributed by atoms with Gasteiger partial charge in [-0.15, -0.1) is 0 Å². The third-order valence-corrected chi connectivity index (χ3v) is 3.05. The molecule has 1 aromatic carbocycles. The van der Waals surface area contributed by atoms with Crippen molar-refractivity contribution < 1.29 is 14.6 Å². The van der Waals surface area contributed by atoms with Gasteiger partial charge < -0.3 is 19.9 Å². The summed E-state index contributed by atoms with van der Waals surface area (Å²) in [5, 5.41) is 12.9. The first-order chi connectivity index (χ1) is 9.76. The molecule has 0 fully saturated rings. The molecule has 0 aromatic heterocycles. The largest absolute Gasteiger partial charge is 0.491 e. The van der Waals surface area contributed by atoms with Crippen molar-refractivity contribution in [3.8, 4) is 5.75 Å². The van der Waals surface area contributed by atoms with E-state index < -0.39 is 6.10 Å². The Morgan fingerprint density at radius 1 is 1.25 bits per heavy atom. The molecule has 1 aromatic rings. The van der Waals surface area contributed by atoms with Crippen LogP contribution in [-0.4, -0.2) is 44.6 Å². The first-order valence-electron chi connectivity index (χ1n) is 7.35. The minimum absolute atomic E-state index is 0.300. The SMILES string of the molecule is CCCCc1ccc(OCC(O)CNCCOC)cc1. The number of hydrogen-bond donors (Lipinski definition) is 2. The van der Waals surface area contributed by atoms with Crippen LogP contribution >= 0.6 is 0 Å². The summed E-state index contributed by atoms with van der Waals surface area (Å²) in [5.41, 5.74) is 1.33. The highest BCUT2D eigenvalue weighted by atomic mass is 16.5. The van der Waals surface area contributed by atoms with Crippen LogP contribution in [0.25, 0.3) is 0 Å². The molecular weight excluding hydrogens is 254 g/mol. The van der Waals surface area contributed by atoms with Crippen LogP contribution in [0.3, 0.4) is 0 Å². The van der Waals surface area contributed by atoms with Gasteiger partial charge in [-0.25, -0.2) is 0 Å². The number of unbranched alkanes of at least 4 members (excludes halogenated alkanes) is 1. The molecule has 4 heteroatoms. The van der Waals surface area contributed by atoms with E-state index in [0.29, 0.717) is 19.8 Å². The van der Waals surface area contributed by atoms with E-state index in [1.807, 2.05) is 12.1 Å². The Hall–Kier alpha value is -1.10. The van der Waals surface area contributed by atoms with Gasteiger partial charge in [0, 0.05) is 20.2 Å². The third kappa shape index (κ3) is 7.48. The summed E-state index contributed by atoms with van der Waals surface area (Å²) in [6.45, 7) is 4.39. The van der Waals surface area contributed by atoms with Crippen LogP contribution in [0, 0.1) is 0 Å².